The minimum Gasteiger partial charge on any atom is -0.396 e. The number of aliphatic hydroxyl groups excluding tert-OH is 2. The zero-order valence-electron chi connectivity index (χ0n) is 12.2. The summed E-state index contributed by atoms with van der Waals surface area (Å²) in [6.07, 6.45) is 0.886. The summed E-state index contributed by atoms with van der Waals surface area (Å²) in [4.78, 5) is 28.8. The monoisotopic (exact) mass is 296 g/mol. The largest absolute Gasteiger partial charge is 0.396 e. The maximum atomic E-state index is 12.4. The molecule has 0 fully saturated rings. The van der Waals surface area contributed by atoms with Gasteiger partial charge in [0.15, 0.2) is 11.2 Å². The number of fused-ring (bicyclic) bond motifs is 1. The van der Waals surface area contributed by atoms with Crippen LogP contribution in [0.15, 0.2) is 15.9 Å². The van der Waals surface area contributed by atoms with Crippen molar-refractivity contribution in [2.45, 2.75) is 46.0 Å². The van der Waals surface area contributed by atoms with E-state index in [1.807, 2.05) is 6.92 Å². The van der Waals surface area contributed by atoms with Crippen molar-refractivity contribution >= 4 is 11.2 Å². The summed E-state index contributed by atoms with van der Waals surface area (Å²) in [5, 5.41) is 18.6. The first kappa shape index (κ1) is 15.5. The molecule has 21 heavy (non-hydrogen) atoms. The smallest absolute Gasteiger partial charge is 0.332 e. The van der Waals surface area contributed by atoms with Crippen LogP contribution in [0.3, 0.4) is 0 Å². The lowest BCUT2D eigenvalue weighted by atomic mass is 10.2. The van der Waals surface area contributed by atoms with E-state index in [4.69, 9.17) is 5.11 Å². The van der Waals surface area contributed by atoms with Gasteiger partial charge in [0.2, 0.25) is 0 Å². The van der Waals surface area contributed by atoms with E-state index in [0.29, 0.717) is 17.7 Å². The van der Waals surface area contributed by atoms with Crippen LogP contribution in [-0.2, 0) is 19.6 Å². The molecule has 1 unspecified atom stereocenters. The summed E-state index contributed by atoms with van der Waals surface area (Å²) in [6.45, 7) is 4.25. The van der Waals surface area contributed by atoms with Crippen molar-refractivity contribution < 1.29 is 10.2 Å². The van der Waals surface area contributed by atoms with Gasteiger partial charge in [0.1, 0.15) is 0 Å². The molecule has 0 aliphatic carbocycles. The van der Waals surface area contributed by atoms with Gasteiger partial charge in [-0.15, -0.1) is 0 Å². The van der Waals surface area contributed by atoms with Crippen LogP contribution in [0, 0.1) is 0 Å². The molecule has 2 rings (SSSR count). The number of rotatable bonds is 6. The molecule has 2 heterocycles. The van der Waals surface area contributed by atoms with E-state index in [9.17, 15) is 14.7 Å². The van der Waals surface area contributed by atoms with Crippen LogP contribution in [0.5, 0.6) is 0 Å². The van der Waals surface area contributed by atoms with E-state index in [0.717, 1.165) is 4.57 Å². The highest BCUT2D eigenvalue weighted by Gasteiger charge is 2.17. The van der Waals surface area contributed by atoms with Crippen LogP contribution in [0.25, 0.3) is 11.2 Å². The molecule has 8 heteroatoms. The molecule has 0 radical (unpaired) electrons. The molecular formula is C13H20N4O4. The number of aryl methyl sites for hydroxylation is 1. The van der Waals surface area contributed by atoms with Crippen molar-refractivity contribution in [1.29, 1.82) is 0 Å². The van der Waals surface area contributed by atoms with Gasteiger partial charge in [-0.3, -0.25) is 13.9 Å². The zero-order valence-corrected chi connectivity index (χ0v) is 12.2. The maximum Gasteiger partial charge on any atom is 0.332 e. The van der Waals surface area contributed by atoms with Crippen molar-refractivity contribution in [2.24, 2.45) is 0 Å². The minimum absolute atomic E-state index is 0.132. The maximum absolute atomic E-state index is 12.4. The fourth-order valence-electron chi connectivity index (χ4n) is 2.41. The molecule has 0 aliphatic rings. The summed E-state index contributed by atoms with van der Waals surface area (Å²) in [5.41, 5.74) is -0.154. The zero-order chi connectivity index (χ0) is 15.6. The normalized spacial score (nSPS) is 13.0. The van der Waals surface area contributed by atoms with Gasteiger partial charge < -0.3 is 14.8 Å². The van der Waals surface area contributed by atoms with E-state index in [-0.39, 0.29) is 31.8 Å². The second-order valence-corrected chi connectivity index (χ2v) is 4.81. The standard InChI is InChI=1S/C13H20N4O4/c1-3-16-11-10(12(20)17(4-2)13(16)21)15(8-14-11)7-9(19)5-6-18/h8-9,18-19H,3-7H2,1-2H3. The van der Waals surface area contributed by atoms with E-state index >= 15 is 0 Å². The topological polar surface area (TPSA) is 102 Å². The van der Waals surface area contributed by atoms with Gasteiger partial charge in [-0.2, -0.15) is 0 Å². The fraction of sp³-hybridized carbons (Fsp3) is 0.615. The van der Waals surface area contributed by atoms with Gasteiger partial charge >= 0.3 is 5.69 Å². The number of nitrogens with zero attached hydrogens (tertiary/aromatic N) is 4. The highest BCUT2D eigenvalue weighted by Crippen LogP contribution is 2.08. The predicted molar refractivity (Wildman–Crippen MR) is 77.3 cm³/mol. The molecule has 0 aromatic carbocycles. The number of imidazole rings is 1. The SMILES string of the molecule is CCn1c(=O)c2c(ncn2CC(O)CCO)n(CC)c1=O. The molecule has 0 saturated heterocycles. The Morgan fingerprint density at radius 2 is 1.90 bits per heavy atom. The lowest BCUT2D eigenvalue weighted by molar-refractivity contribution is 0.118. The van der Waals surface area contributed by atoms with E-state index in [2.05, 4.69) is 4.98 Å². The quantitative estimate of drug-likeness (QED) is 0.722. The Balaban J connectivity index is 2.66. The first-order chi connectivity index (χ1) is 10.0. The third kappa shape index (κ3) is 2.64. The van der Waals surface area contributed by atoms with Gasteiger partial charge in [-0.1, -0.05) is 0 Å². The van der Waals surface area contributed by atoms with Crippen molar-refractivity contribution in [3.05, 3.63) is 27.2 Å². The number of hydrogen-bond acceptors (Lipinski definition) is 5. The van der Waals surface area contributed by atoms with Crippen molar-refractivity contribution in [3.8, 4) is 0 Å². The molecule has 1 atom stereocenters. The fourth-order valence-corrected chi connectivity index (χ4v) is 2.41. The molecule has 8 nitrogen and oxygen atoms in total. The van der Waals surface area contributed by atoms with E-state index in [1.54, 1.807) is 6.92 Å². The van der Waals surface area contributed by atoms with Crippen LogP contribution in [0.4, 0.5) is 0 Å². The van der Waals surface area contributed by atoms with Crippen molar-refractivity contribution in [3.63, 3.8) is 0 Å². The van der Waals surface area contributed by atoms with Crippen LogP contribution in [-0.4, -0.2) is 41.6 Å². The third-order valence-electron chi connectivity index (χ3n) is 3.49. The summed E-state index contributed by atoms with van der Waals surface area (Å²) < 4.78 is 4.13. The molecule has 116 valence electrons. The molecule has 0 bridgehead atoms. The molecule has 0 amide bonds. The molecule has 2 aromatic rings. The molecule has 2 aromatic heterocycles. The Morgan fingerprint density at radius 3 is 2.48 bits per heavy atom. The summed E-state index contributed by atoms with van der Waals surface area (Å²) in [5.74, 6) is 0. The predicted octanol–water partition coefficient (Wildman–Crippen LogP) is -0.857. The molecule has 0 spiro atoms. The van der Waals surface area contributed by atoms with Gasteiger partial charge in [-0.05, 0) is 20.3 Å². The summed E-state index contributed by atoms with van der Waals surface area (Å²) in [7, 11) is 0. The molecule has 0 saturated carbocycles. The number of aromatic nitrogens is 4. The summed E-state index contributed by atoms with van der Waals surface area (Å²) in [6, 6.07) is 0. The second kappa shape index (κ2) is 6.23. The molecule has 2 N–H and O–H groups in total. The highest BCUT2D eigenvalue weighted by atomic mass is 16.3. The third-order valence-corrected chi connectivity index (χ3v) is 3.49. The first-order valence-corrected chi connectivity index (χ1v) is 7.02. The van der Waals surface area contributed by atoms with Crippen LogP contribution in [0.2, 0.25) is 0 Å². The Hall–Kier alpha value is -1.93. The average molecular weight is 296 g/mol. The van der Waals surface area contributed by atoms with Crippen molar-refractivity contribution in [2.75, 3.05) is 6.61 Å². The van der Waals surface area contributed by atoms with Gasteiger partial charge in [0, 0.05) is 19.7 Å². The van der Waals surface area contributed by atoms with Crippen molar-refractivity contribution in [1.82, 2.24) is 18.7 Å². The van der Waals surface area contributed by atoms with Gasteiger partial charge in [0.05, 0.1) is 19.0 Å². The first-order valence-electron chi connectivity index (χ1n) is 7.02. The Labute approximate surface area is 120 Å². The Bertz CT molecular complexity index is 743. The average Bonchev–Trinajstić information content (AvgIpc) is 2.84. The second-order valence-electron chi connectivity index (χ2n) is 4.81. The van der Waals surface area contributed by atoms with E-state index < -0.39 is 11.7 Å². The van der Waals surface area contributed by atoms with E-state index in [1.165, 1.54) is 15.5 Å². The lowest BCUT2D eigenvalue weighted by Crippen LogP contribution is -2.40. The van der Waals surface area contributed by atoms with Gasteiger partial charge in [-0.25, -0.2) is 9.78 Å². The van der Waals surface area contributed by atoms with Gasteiger partial charge in [0.25, 0.3) is 5.56 Å². The van der Waals surface area contributed by atoms with Crippen LogP contribution < -0.4 is 11.2 Å². The number of aliphatic hydroxyl groups is 2. The molecular weight excluding hydrogens is 276 g/mol. The lowest BCUT2D eigenvalue weighted by Gasteiger charge is -2.12. The number of hydrogen-bond donors (Lipinski definition) is 2. The summed E-state index contributed by atoms with van der Waals surface area (Å²) >= 11 is 0. The Kier molecular flexibility index (Phi) is 4.59. The minimum atomic E-state index is -0.774. The molecule has 0 aliphatic heterocycles. The highest BCUT2D eigenvalue weighted by molar-refractivity contribution is 5.70. The Morgan fingerprint density at radius 1 is 1.24 bits per heavy atom. The van der Waals surface area contributed by atoms with Crippen LogP contribution in [0.1, 0.15) is 20.3 Å². The van der Waals surface area contributed by atoms with Crippen LogP contribution >= 0.6 is 0 Å².